The lowest BCUT2D eigenvalue weighted by molar-refractivity contribution is 0.295. The van der Waals surface area contributed by atoms with Gasteiger partial charge in [-0.05, 0) is 59.3 Å². The first-order chi connectivity index (χ1) is 8.51. The van der Waals surface area contributed by atoms with Gasteiger partial charge in [-0.3, -0.25) is 0 Å². The first kappa shape index (κ1) is 15.5. The van der Waals surface area contributed by atoms with E-state index in [2.05, 4.69) is 46.8 Å². The van der Waals surface area contributed by atoms with E-state index in [1.165, 1.54) is 36.8 Å². The fourth-order valence-corrected chi connectivity index (χ4v) is 2.43. The van der Waals surface area contributed by atoms with Gasteiger partial charge in [0.15, 0.2) is 0 Å². The maximum Gasteiger partial charge on any atom is 0.0923 e. The molecule has 1 aliphatic rings. The first-order valence-electron chi connectivity index (χ1n) is 7.51. The van der Waals surface area contributed by atoms with Crippen molar-refractivity contribution in [1.82, 2.24) is 0 Å². The van der Waals surface area contributed by atoms with Crippen molar-refractivity contribution < 1.29 is 4.74 Å². The normalized spacial score (nSPS) is 28.6. The van der Waals surface area contributed by atoms with E-state index in [1.807, 2.05) is 0 Å². The molecule has 2 atom stereocenters. The molecule has 0 amide bonds. The lowest BCUT2D eigenvalue weighted by Crippen LogP contribution is -2.09. The van der Waals surface area contributed by atoms with Crippen LogP contribution in [0.2, 0.25) is 0 Å². The zero-order valence-electron chi connectivity index (χ0n) is 12.9. The van der Waals surface area contributed by atoms with Gasteiger partial charge in [0.25, 0.3) is 0 Å². The van der Waals surface area contributed by atoms with Crippen molar-refractivity contribution in [3.8, 4) is 0 Å². The van der Waals surface area contributed by atoms with Gasteiger partial charge in [0.05, 0.1) is 11.7 Å². The molecule has 1 saturated heterocycles. The molecule has 0 bridgehead atoms. The number of allylic oxidation sites excluding steroid dienone is 4. The van der Waals surface area contributed by atoms with Gasteiger partial charge in [0, 0.05) is 0 Å². The average Bonchev–Trinajstić information content (AvgIpc) is 2.98. The minimum Gasteiger partial charge on any atom is -0.366 e. The number of epoxide rings is 1. The number of hydrogen-bond acceptors (Lipinski definition) is 1. The van der Waals surface area contributed by atoms with Gasteiger partial charge in [-0.2, -0.15) is 0 Å². The molecule has 1 aliphatic heterocycles. The third-order valence-electron chi connectivity index (χ3n) is 4.08. The summed E-state index contributed by atoms with van der Waals surface area (Å²) in [6.07, 6.45) is 12.2. The van der Waals surface area contributed by atoms with Crippen molar-refractivity contribution in [3.05, 3.63) is 23.3 Å². The summed E-state index contributed by atoms with van der Waals surface area (Å²) in [5, 5.41) is 0. The zero-order valence-corrected chi connectivity index (χ0v) is 12.9. The summed E-state index contributed by atoms with van der Waals surface area (Å²) in [6, 6.07) is 0. The number of hydrogen-bond donors (Lipinski definition) is 0. The molecule has 1 nitrogen and oxygen atoms in total. The average molecular weight is 250 g/mol. The van der Waals surface area contributed by atoms with Gasteiger partial charge in [0.1, 0.15) is 0 Å². The molecule has 0 spiro atoms. The predicted octanol–water partition coefficient (Wildman–Crippen LogP) is 5.42. The monoisotopic (exact) mass is 250 g/mol. The van der Waals surface area contributed by atoms with Crippen molar-refractivity contribution in [2.75, 3.05) is 0 Å². The smallest absolute Gasteiger partial charge is 0.0923 e. The van der Waals surface area contributed by atoms with E-state index in [-0.39, 0.29) is 5.60 Å². The van der Waals surface area contributed by atoms with E-state index >= 15 is 0 Å². The van der Waals surface area contributed by atoms with Crippen LogP contribution in [-0.2, 0) is 4.74 Å². The molecule has 1 heterocycles. The SMILES string of the molecule is CC/C=C(/C)CCC1OC1(C)CC/C=C(/C)CC. The highest BCUT2D eigenvalue weighted by Gasteiger charge is 2.50. The molecular weight excluding hydrogens is 220 g/mol. The van der Waals surface area contributed by atoms with E-state index in [9.17, 15) is 0 Å². The van der Waals surface area contributed by atoms with Crippen molar-refractivity contribution >= 4 is 0 Å². The minimum atomic E-state index is 0.164. The van der Waals surface area contributed by atoms with E-state index in [0.717, 1.165) is 12.8 Å². The Morgan fingerprint density at radius 1 is 1.17 bits per heavy atom. The molecule has 0 aliphatic carbocycles. The Labute approximate surface area is 113 Å². The molecule has 0 radical (unpaired) electrons. The summed E-state index contributed by atoms with van der Waals surface area (Å²) in [7, 11) is 0. The van der Waals surface area contributed by atoms with Crippen LogP contribution in [-0.4, -0.2) is 11.7 Å². The Kier molecular flexibility index (Phi) is 6.14. The topological polar surface area (TPSA) is 12.5 Å². The van der Waals surface area contributed by atoms with Crippen LogP contribution in [0.1, 0.15) is 73.1 Å². The molecule has 1 rings (SSSR count). The molecule has 1 fully saturated rings. The van der Waals surface area contributed by atoms with Crippen LogP contribution in [0.4, 0.5) is 0 Å². The van der Waals surface area contributed by atoms with Gasteiger partial charge < -0.3 is 4.74 Å². The second-order valence-electron chi connectivity index (χ2n) is 5.86. The third kappa shape index (κ3) is 4.97. The van der Waals surface area contributed by atoms with E-state index in [0.29, 0.717) is 6.10 Å². The maximum atomic E-state index is 5.89. The van der Waals surface area contributed by atoms with Gasteiger partial charge >= 0.3 is 0 Å². The van der Waals surface area contributed by atoms with Crippen molar-refractivity contribution in [2.24, 2.45) is 0 Å². The molecule has 0 aromatic carbocycles. The molecule has 0 aromatic rings. The molecule has 0 N–H and O–H groups in total. The van der Waals surface area contributed by atoms with Crippen molar-refractivity contribution in [2.45, 2.75) is 84.8 Å². The van der Waals surface area contributed by atoms with Gasteiger partial charge in [-0.25, -0.2) is 0 Å². The van der Waals surface area contributed by atoms with Crippen LogP contribution in [0.5, 0.6) is 0 Å². The van der Waals surface area contributed by atoms with Crippen LogP contribution < -0.4 is 0 Å². The lowest BCUT2D eigenvalue weighted by Gasteiger charge is -2.05. The number of rotatable bonds is 8. The van der Waals surface area contributed by atoms with Gasteiger partial charge in [-0.1, -0.05) is 37.1 Å². The highest BCUT2D eigenvalue weighted by molar-refractivity contribution is 5.06. The van der Waals surface area contributed by atoms with Crippen LogP contribution >= 0.6 is 0 Å². The van der Waals surface area contributed by atoms with E-state index in [1.54, 1.807) is 0 Å². The largest absolute Gasteiger partial charge is 0.366 e. The summed E-state index contributed by atoms with van der Waals surface area (Å²) < 4.78 is 5.89. The van der Waals surface area contributed by atoms with E-state index in [4.69, 9.17) is 4.74 Å². The highest BCUT2D eigenvalue weighted by Crippen LogP contribution is 2.43. The number of ether oxygens (including phenoxy) is 1. The molecule has 1 heteroatoms. The Hall–Kier alpha value is -0.560. The summed E-state index contributed by atoms with van der Waals surface area (Å²) in [5.74, 6) is 0. The molecule has 2 unspecified atom stereocenters. The summed E-state index contributed by atoms with van der Waals surface area (Å²) >= 11 is 0. The van der Waals surface area contributed by atoms with Crippen LogP contribution in [0, 0.1) is 0 Å². The fourth-order valence-electron chi connectivity index (χ4n) is 2.43. The summed E-state index contributed by atoms with van der Waals surface area (Å²) in [4.78, 5) is 0. The Bertz CT molecular complexity index is 314. The Morgan fingerprint density at radius 2 is 1.89 bits per heavy atom. The fraction of sp³-hybridized carbons (Fsp3) is 0.765. The third-order valence-corrected chi connectivity index (χ3v) is 4.08. The highest BCUT2D eigenvalue weighted by atomic mass is 16.6. The minimum absolute atomic E-state index is 0.164. The Balaban J connectivity index is 2.23. The lowest BCUT2D eigenvalue weighted by atomic mass is 9.96. The quantitative estimate of drug-likeness (QED) is 0.414. The maximum absolute atomic E-state index is 5.89. The first-order valence-corrected chi connectivity index (χ1v) is 7.51. The summed E-state index contributed by atoms with van der Waals surface area (Å²) in [5.41, 5.74) is 3.17. The molecular formula is C17H30O. The van der Waals surface area contributed by atoms with Gasteiger partial charge in [-0.15, -0.1) is 0 Å². The van der Waals surface area contributed by atoms with Gasteiger partial charge in [0.2, 0.25) is 0 Å². The second-order valence-corrected chi connectivity index (χ2v) is 5.86. The molecule has 0 aromatic heterocycles. The van der Waals surface area contributed by atoms with Crippen LogP contribution in [0.15, 0.2) is 23.3 Å². The van der Waals surface area contributed by atoms with Crippen LogP contribution in [0.3, 0.4) is 0 Å². The standard InChI is InChI=1S/C17H30O/c1-6-9-15(4)11-12-16-17(5,18-16)13-8-10-14(3)7-2/h9-10,16H,6-8,11-13H2,1-5H3/b14-10-,15-9-. The second kappa shape index (κ2) is 7.13. The summed E-state index contributed by atoms with van der Waals surface area (Å²) in [6.45, 7) is 11.1. The molecule has 18 heavy (non-hydrogen) atoms. The van der Waals surface area contributed by atoms with Crippen LogP contribution in [0.25, 0.3) is 0 Å². The van der Waals surface area contributed by atoms with Crippen molar-refractivity contribution in [3.63, 3.8) is 0 Å². The zero-order chi connectivity index (χ0) is 13.6. The van der Waals surface area contributed by atoms with Crippen molar-refractivity contribution in [1.29, 1.82) is 0 Å². The molecule has 0 saturated carbocycles. The predicted molar refractivity (Wildman–Crippen MR) is 79.8 cm³/mol. The molecule has 104 valence electrons. The van der Waals surface area contributed by atoms with E-state index < -0.39 is 0 Å². The Morgan fingerprint density at radius 3 is 2.50 bits per heavy atom.